The number of esters is 2. The molecule has 3 rings (SSSR count). The summed E-state index contributed by atoms with van der Waals surface area (Å²) in [5.74, 6) is -1.66. The van der Waals surface area contributed by atoms with Crippen molar-refractivity contribution in [2.45, 2.75) is 57.6 Å². The van der Waals surface area contributed by atoms with Crippen molar-refractivity contribution < 1.29 is 33.6 Å². The quantitative estimate of drug-likeness (QED) is 0.109. The van der Waals surface area contributed by atoms with E-state index in [2.05, 4.69) is 13.2 Å². The molecular weight excluding hydrogens is 518 g/mol. The van der Waals surface area contributed by atoms with E-state index in [1.807, 2.05) is 6.08 Å². The fraction of sp³-hybridized carbons (Fsp3) is 0.517. The lowest BCUT2D eigenvalue weighted by atomic mass is 9.92. The van der Waals surface area contributed by atoms with Crippen molar-refractivity contribution in [2.24, 2.45) is 11.3 Å². The van der Waals surface area contributed by atoms with E-state index in [1.54, 1.807) is 20.0 Å². The maximum atomic E-state index is 13.6. The minimum atomic E-state index is -0.992. The van der Waals surface area contributed by atoms with Gasteiger partial charge in [0.15, 0.2) is 5.78 Å². The molecule has 0 unspecified atom stereocenters. The summed E-state index contributed by atoms with van der Waals surface area (Å²) < 4.78 is 10.9. The number of rotatable bonds is 14. The Balaban J connectivity index is 1.76. The summed E-state index contributed by atoms with van der Waals surface area (Å²) in [5.41, 5.74) is -1.04. The first kappa shape index (κ1) is 30.5. The minimum Gasteiger partial charge on any atom is -0.466 e. The van der Waals surface area contributed by atoms with Gasteiger partial charge in [0.1, 0.15) is 6.10 Å². The lowest BCUT2D eigenvalue weighted by Gasteiger charge is -2.29. The van der Waals surface area contributed by atoms with Crippen molar-refractivity contribution in [2.75, 3.05) is 26.7 Å². The highest BCUT2D eigenvalue weighted by Gasteiger charge is 2.61. The Morgan fingerprint density at radius 3 is 2.48 bits per heavy atom. The van der Waals surface area contributed by atoms with Gasteiger partial charge in [-0.25, -0.2) is 9.59 Å². The zero-order valence-electron chi connectivity index (χ0n) is 23.1. The first-order valence-corrected chi connectivity index (χ1v) is 13.5. The van der Waals surface area contributed by atoms with E-state index < -0.39 is 34.4 Å². The van der Waals surface area contributed by atoms with Crippen LogP contribution in [0.25, 0.3) is 0 Å². The first-order chi connectivity index (χ1) is 19.1. The van der Waals surface area contributed by atoms with Crippen LogP contribution in [0.5, 0.6) is 0 Å². The number of ether oxygens (including phenoxy) is 2. The second kappa shape index (κ2) is 13.4. The third-order valence-corrected chi connectivity index (χ3v) is 7.54. The molecular formula is C29H37N3O8. The molecule has 11 heteroatoms. The van der Waals surface area contributed by atoms with E-state index in [0.717, 1.165) is 19.3 Å². The summed E-state index contributed by atoms with van der Waals surface area (Å²) in [6.45, 7) is 9.84. The highest BCUT2D eigenvalue weighted by atomic mass is 16.6. The Morgan fingerprint density at radius 1 is 1.20 bits per heavy atom. The van der Waals surface area contributed by atoms with E-state index in [4.69, 9.17) is 9.47 Å². The molecule has 40 heavy (non-hydrogen) atoms. The average Bonchev–Trinajstić information content (AvgIpc) is 3.50. The van der Waals surface area contributed by atoms with Crippen LogP contribution in [0, 0.1) is 21.4 Å². The van der Waals surface area contributed by atoms with Crippen LogP contribution in [0.1, 0.15) is 55.8 Å². The number of hydrogen-bond donors (Lipinski definition) is 0. The molecule has 1 saturated heterocycles. The van der Waals surface area contributed by atoms with Crippen LogP contribution in [0.2, 0.25) is 0 Å². The molecule has 1 aliphatic heterocycles. The van der Waals surface area contributed by atoms with E-state index in [-0.39, 0.29) is 55.0 Å². The number of urea groups is 1. The molecule has 1 aromatic carbocycles. The molecule has 1 saturated carbocycles. The van der Waals surface area contributed by atoms with Gasteiger partial charge in [-0.1, -0.05) is 12.2 Å². The number of allylic oxidation sites excluding steroid dienone is 2. The maximum Gasteiger partial charge on any atom is 0.338 e. The third-order valence-electron chi connectivity index (χ3n) is 7.54. The van der Waals surface area contributed by atoms with Crippen molar-refractivity contribution in [1.82, 2.24) is 9.80 Å². The van der Waals surface area contributed by atoms with Crippen molar-refractivity contribution >= 4 is 29.4 Å². The summed E-state index contributed by atoms with van der Waals surface area (Å²) in [6.07, 6.45) is 5.55. The Bertz CT molecular complexity index is 1150. The molecule has 1 aromatic rings. The van der Waals surface area contributed by atoms with Gasteiger partial charge in [0.05, 0.1) is 35.1 Å². The zero-order chi connectivity index (χ0) is 29.4. The number of likely N-dealkylation sites (tertiary alicyclic amines) is 1. The van der Waals surface area contributed by atoms with E-state index in [9.17, 15) is 29.3 Å². The molecule has 1 heterocycles. The van der Waals surface area contributed by atoms with Crippen LogP contribution >= 0.6 is 0 Å². The molecule has 0 aromatic heterocycles. The van der Waals surface area contributed by atoms with E-state index in [1.165, 1.54) is 34.1 Å². The predicted octanol–water partition coefficient (Wildman–Crippen LogP) is 4.32. The molecule has 2 amide bonds. The fourth-order valence-electron chi connectivity index (χ4n) is 5.15. The molecule has 216 valence electrons. The maximum absolute atomic E-state index is 13.6. The fourth-order valence-corrected chi connectivity index (χ4v) is 5.15. The third kappa shape index (κ3) is 6.94. The zero-order valence-corrected chi connectivity index (χ0v) is 23.1. The number of amides is 2. The van der Waals surface area contributed by atoms with Gasteiger partial charge in [-0.2, -0.15) is 0 Å². The number of nitrogens with zero attached hydrogens (tertiary/aromatic N) is 3. The van der Waals surface area contributed by atoms with Gasteiger partial charge in [0.2, 0.25) is 0 Å². The number of carbonyl (C=O) groups is 4. The number of benzene rings is 1. The summed E-state index contributed by atoms with van der Waals surface area (Å²) in [5, 5.41) is 10.9. The lowest BCUT2D eigenvalue weighted by molar-refractivity contribution is -0.384. The van der Waals surface area contributed by atoms with Crippen molar-refractivity contribution in [1.29, 1.82) is 0 Å². The Kier molecular flexibility index (Phi) is 10.2. The number of ketones is 1. The highest BCUT2D eigenvalue weighted by molar-refractivity contribution is 5.95. The summed E-state index contributed by atoms with van der Waals surface area (Å²) >= 11 is 0. The lowest BCUT2D eigenvalue weighted by Crippen LogP contribution is -2.47. The first-order valence-electron chi connectivity index (χ1n) is 13.5. The molecule has 0 bridgehead atoms. The summed E-state index contributed by atoms with van der Waals surface area (Å²) in [7, 11) is 1.66. The molecule has 1 aliphatic carbocycles. The molecule has 4 atom stereocenters. The van der Waals surface area contributed by atoms with Gasteiger partial charge < -0.3 is 19.3 Å². The summed E-state index contributed by atoms with van der Waals surface area (Å²) in [6, 6.07) is 3.74. The van der Waals surface area contributed by atoms with E-state index in [0.29, 0.717) is 13.0 Å². The SMILES string of the molecule is C=CCCCCN(C)C(=O)N1C[C@@H](OC(=O)c2ccc([N+](=O)[O-])cc2)C[C@H]1C(=O)C[C@]1(C(=O)OCC)C[C@H]1C=C. The standard InChI is InChI=1S/C29H37N3O8/c1-5-8-9-10-15-30(4)28(36)31-19-23(40-26(34)20-11-13-22(14-12-20)32(37)38)16-24(31)25(33)18-29(17-21(29)6-2)27(35)39-7-3/h5-6,11-14,21,23-24H,1-2,7-10,15-19H2,3-4H3/t21-,23+,24+,29-/m1/s1. The molecule has 11 nitrogen and oxygen atoms in total. The van der Waals surface area contributed by atoms with Crippen molar-refractivity contribution in [3.63, 3.8) is 0 Å². The number of carbonyl (C=O) groups excluding carboxylic acids is 4. The molecule has 2 aliphatic rings. The van der Waals surface area contributed by atoms with Crippen LogP contribution < -0.4 is 0 Å². The van der Waals surface area contributed by atoms with Gasteiger partial charge >= 0.3 is 18.0 Å². The molecule has 2 fully saturated rings. The number of Topliss-reactive ketones (excluding diaryl/α,β-unsaturated/α-hetero) is 1. The number of nitro benzene ring substituents is 1. The Morgan fingerprint density at radius 2 is 1.90 bits per heavy atom. The van der Waals surface area contributed by atoms with Crippen LogP contribution in [-0.2, 0) is 19.1 Å². The summed E-state index contributed by atoms with van der Waals surface area (Å²) in [4.78, 5) is 65.9. The Labute approximate surface area is 233 Å². The van der Waals surface area contributed by atoms with Crippen LogP contribution in [0.3, 0.4) is 0 Å². The van der Waals surface area contributed by atoms with Crippen LogP contribution in [0.15, 0.2) is 49.6 Å². The topological polar surface area (TPSA) is 136 Å². The molecule has 0 spiro atoms. The normalized spacial score (nSPS) is 23.1. The number of nitro groups is 1. The number of non-ortho nitro benzene ring substituents is 1. The van der Waals surface area contributed by atoms with Gasteiger partial charge in [-0.15, -0.1) is 13.2 Å². The second-order valence-corrected chi connectivity index (χ2v) is 10.3. The molecule has 0 N–H and O–H groups in total. The van der Waals surface area contributed by atoms with Crippen LogP contribution in [0.4, 0.5) is 10.5 Å². The molecule has 0 radical (unpaired) electrons. The van der Waals surface area contributed by atoms with Crippen molar-refractivity contribution in [3.05, 3.63) is 65.3 Å². The smallest absolute Gasteiger partial charge is 0.338 e. The second-order valence-electron chi connectivity index (χ2n) is 10.3. The minimum absolute atomic E-state index is 0.00223. The van der Waals surface area contributed by atoms with Gasteiger partial charge in [0.25, 0.3) is 5.69 Å². The monoisotopic (exact) mass is 555 g/mol. The van der Waals surface area contributed by atoms with Crippen molar-refractivity contribution in [3.8, 4) is 0 Å². The largest absolute Gasteiger partial charge is 0.466 e. The number of hydrogen-bond acceptors (Lipinski definition) is 8. The van der Waals surface area contributed by atoms with Crippen LogP contribution in [-0.4, -0.2) is 77.4 Å². The average molecular weight is 556 g/mol. The number of unbranched alkanes of at least 4 members (excludes halogenated alkanes) is 2. The van der Waals surface area contributed by atoms with Gasteiger partial charge in [-0.05, 0) is 50.7 Å². The Hall–Kier alpha value is -4.02. The van der Waals surface area contributed by atoms with E-state index >= 15 is 0 Å². The van der Waals surface area contributed by atoms with Gasteiger partial charge in [0, 0.05) is 38.6 Å². The highest BCUT2D eigenvalue weighted by Crippen LogP contribution is 2.57. The van der Waals surface area contributed by atoms with Gasteiger partial charge in [-0.3, -0.25) is 19.7 Å². The predicted molar refractivity (Wildman–Crippen MR) is 146 cm³/mol.